The Bertz CT molecular complexity index is 444. The zero-order chi connectivity index (χ0) is 10.8. The van der Waals surface area contributed by atoms with Crippen molar-refractivity contribution in [1.29, 1.82) is 0 Å². The lowest BCUT2D eigenvalue weighted by atomic mass is 10.2. The van der Waals surface area contributed by atoms with Gasteiger partial charge in [-0.3, -0.25) is 4.68 Å². The summed E-state index contributed by atoms with van der Waals surface area (Å²) < 4.78 is 7.34. The number of rotatable bonds is 3. The van der Waals surface area contributed by atoms with Crippen LogP contribution in [0, 0.1) is 6.92 Å². The number of anilines is 1. The Labute approximate surface area is 88.9 Å². The van der Waals surface area contributed by atoms with Crippen molar-refractivity contribution in [2.45, 2.75) is 19.9 Å². The van der Waals surface area contributed by atoms with Crippen molar-refractivity contribution >= 4 is 5.82 Å². The highest BCUT2D eigenvalue weighted by molar-refractivity contribution is 5.36. The largest absolute Gasteiger partial charge is 0.464 e. The SMILES string of the molecule is Cc1ccc(C(C)Nc2ccnn2C)o1. The van der Waals surface area contributed by atoms with Crippen LogP contribution in [0.2, 0.25) is 0 Å². The van der Waals surface area contributed by atoms with Crippen LogP contribution in [0.25, 0.3) is 0 Å². The van der Waals surface area contributed by atoms with Crippen LogP contribution < -0.4 is 5.32 Å². The molecule has 0 spiro atoms. The molecular formula is C11H15N3O. The van der Waals surface area contributed by atoms with E-state index in [-0.39, 0.29) is 6.04 Å². The average molecular weight is 205 g/mol. The number of aryl methyl sites for hydroxylation is 2. The first-order valence-corrected chi connectivity index (χ1v) is 4.97. The van der Waals surface area contributed by atoms with E-state index < -0.39 is 0 Å². The summed E-state index contributed by atoms with van der Waals surface area (Å²) >= 11 is 0. The Kier molecular flexibility index (Phi) is 2.49. The van der Waals surface area contributed by atoms with Gasteiger partial charge in [-0.25, -0.2) is 0 Å². The Balaban J connectivity index is 2.10. The van der Waals surface area contributed by atoms with Gasteiger partial charge in [0.15, 0.2) is 0 Å². The molecule has 2 aromatic rings. The minimum atomic E-state index is 0.147. The van der Waals surface area contributed by atoms with E-state index in [0.29, 0.717) is 0 Å². The third-order valence-corrected chi connectivity index (χ3v) is 2.37. The molecular weight excluding hydrogens is 190 g/mol. The highest BCUT2D eigenvalue weighted by Crippen LogP contribution is 2.20. The summed E-state index contributed by atoms with van der Waals surface area (Å²) in [6, 6.07) is 6.04. The molecule has 0 aliphatic heterocycles. The lowest BCUT2D eigenvalue weighted by Crippen LogP contribution is -2.09. The highest BCUT2D eigenvalue weighted by atomic mass is 16.3. The fourth-order valence-electron chi connectivity index (χ4n) is 1.49. The molecule has 1 unspecified atom stereocenters. The molecule has 15 heavy (non-hydrogen) atoms. The van der Waals surface area contributed by atoms with Crippen LogP contribution in [0.15, 0.2) is 28.8 Å². The second-order valence-electron chi connectivity index (χ2n) is 3.65. The smallest absolute Gasteiger partial charge is 0.126 e. The maximum atomic E-state index is 5.54. The summed E-state index contributed by atoms with van der Waals surface area (Å²) in [7, 11) is 1.91. The van der Waals surface area contributed by atoms with Crippen molar-refractivity contribution in [2.24, 2.45) is 7.05 Å². The predicted octanol–water partition coefficient (Wildman–Crippen LogP) is 2.49. The Hall–Kier alpha value is -1.71. The lowest BCUT2D eigenvalue weighted by molar-refractivity contribution is 0.466. The minimum Gasteiger partial charge on any atom is -0.464 e. The number of hydrogen-bond donors (Lipinski definition) is 1. The van der Waals surface area contributed by atoms with Gasteiger partial charge in [0.25, 0.3) is 0 Å². The van der Waals surface area contributed by atoms with Gasteiger partial charge < -0.3 is 9.73 Å². The maximum Gasteiger partial charge on any atom is 0.126 e. The van der Waals surface area contributed by atoms with Crippen LogP contribution >= 0.6 is 0 Å². The van der Waals surface area contributed by atoms with E-state index in [9.17, 15) is 0 Å². The Morgan fingerprint density at radius 3 is 2.73 bits per heavy atom. The molecule has 80 valence electrons. The van der Waals surface area contributed by atoms with E-state index in [4.69, 9.17) is 4.42 Å². The van der Waals surface area contributed by atoms with Crippen LogP contribution in [0.4, 0.5) is 5.82 Å². The minimum absolute atomic E-state index is 0.147. The van der Waals surface area contributed by atoms with E-state index in [2.05, 4.69) is 17.3 Å². The summed E-state index contributed by atoms with van der Waals surface area (Å²) in [4.78, 5) is 0. The summed E-state index contributed by atoms with van der Waals surface area (Å²) in [5, 5.41) is 7.42. The Morgan fingerprint density at radius 1 is 1.40 bits per heavy atom. The van der Waals surface area contributed by atoms with E-state index in [1.807, 2.05) is 32.2 Å². The van der Waals surface area contributed by atoms with Crippen molar-refractivity contribution in [1.82, 2.24) is 9.78 Å². The molecule has 0 aliphatic carbocycles. The highest BCUT2D eigenvalue weighted by Gasteiger charge is 2.10. The Morgan fingerprint density at radius 2 is 2.20 bits per heavy atom. The molecule has 4 heteroatoms. The van der Waals surface area contributed by atoms with Gasteiger partial charge in [-0.2, -0.15) is 5.10 Å². The molecule has 1 N–H and O–H groups in total. The first-order chi connectivity index (χ1) is 7.16. The number of nitrogens with zero attached hydrogens (tertiary/aromatic N) is 2. The van der Waals surface area contributed by atoms with Gasteiger partial charge in [0, 0.05) is 13.1 Å². The van der Waals surface area contributed by atoms with Crippen LogP contribution in [0.5, 0.6) is 0 Å². The number of nitrogens with one attached hydrogen (secondary N) is 1. The molecule has 2 heterocycles. The molecule has 4 nitrogen and oxygen atoms in total. The van der Waals surface area contributed by atoms with Gasteiger partial charge >= 0.3 is 0 Å². The van der Waals surface area contributed by atoms with Gasteiger partial charge in [-0.15, -0.1) is 0 Å². The molecule has 0 amide bonds. The van der Waals surface area contributed by atoms with Gasteiger partial charge in [0.2, 0.25) is 0 Å². The predicted molar refractivity (Wildman–Crippen MR) is 58.7 cm³/mol. The second kappa shape index (κ2) is 3.81. The van der Waals surface area contributed by atoms with Gasteiger partial charge in [0.05, 0.1) is 12.2 Å². The molecule has 0 aliphatic rings. The standard InChI is InChI=1S/C11H15N3O/c1-8-4-5-10(15-8)9(2)13-11-6-7-12-14(11)3/h4-7,9,13H,1-3H3. The van der Waals surface area contributed by atoms with Crippen molar-refractivity contribution < 1.29 is 4.42 Å². The van der Waals surface area contributed by atoms with E-state index >= 15 is 0 Å². The first-order valence-electron chi connectivity index (χ1n) is 4.97. The summed E-state index contributed by atoms with van der Waals surface area (Å²) in [6.45, 7) is 4.01. The zero-order valence-electron chi connectivity index (χ0n) is 9.19. The molecule has 0 fully saturated rings. The summed E-state index contributed by atoms with van der Waals surface area (Å²) in [5.41, 5.74) is 0. The van der Waals surface area contributed by atoms with Crippen molar-refractivity contribution in [2.75, 3.05) is 5.32 Å². The number of furan rings is 1. The first kappa shape index (κ1) is 9.83. The van der Waals surface area contributed by atoms with E-state index in [1.165, 1.54) is 0 Å². The fraction of sp³-hybridized carbons (Fsp3) is 0.364. The lowest BCUT2D eigenvalue weighted by Gasteiger charge is -2.12. The zero-order valence-corrected chi connectivity index (χ0v) is 9.19. The van der Waals surface area contributed by atoms with Gasteiger partial charge in [-0.1, -0.05) is 0 Å². The van der Waals surface area contributed by atoms with Crippen molar-refractivity contribution in [3.63, 3.8) is 0 Å². The van der Waals surface area contributed by atoms with Gasteiger partial charge in [0.1, 0.15) is 17.3 Å². The quantitative estimate of drug-likeness (QED) is 0.837. The molecule has 0 aromatic carbocycles. The van der Waals surface area contributed by atoms with Crippen molar-refractivity contribution in [3.05, 3.63) is 35.9 Å². The van der Waals surface area contributed by atoms with Crippen LogP contribution in [0.1, 0.15) is 24.5 Å². The van der Waals surface area contributed by atoms with Crippen molar-refractivity contribution in [3.8, 4) is 0 Å². The molecule has 0 saturated carbocycles. The van der Waals surface area contributed by atoms with E-state index in [1.54, 1.807) is 10.9 Å². The molecule has 2 aromatic heterocycles. The summed E-state index contributed by atoms with van der Waals surface area (Å²) in [6.07, 6.45) is 1.77. The second-order valence-corrected chi connectivity index (χ2v) is 3.65. The normalized spacial score (nSPS) is 12.7. The third kappa shape index (κ3) is 2.03. The van der Waals surface area contributed by atoms with Crippen LogP contribution in [0.3, 0.4) is 0 Å². The summed E-state index contributed by atoms with van der Waals surface area (Å²) in [5.74, 6) is 2.86. The van der Waals surface area contributed by atoms with Crippen LogP contribution in [-0.4, -0.2) is 9.78 Å². The fourth-order valence-corrected chi connectivity index (χ4v) is 1.49. The maximum absolute atomic E-state index is 5.54. The number of hydrogen-bond acceptors (Lipinski definition) is 3. The topological polar surface area (TPSA) is 43.0 Å². The molecule has 2 rings (SSSR count). The van der Waals surface area contributed by atoms with Gasteiger partial charge in [-0.05, 0) is 26.0 Å². The monoisotopic (exact) mass is 205 g/mol. The van der Waals surface area contributed by atoms with Crippen LogP contribution in [-0.2, 0) is 7.05 Å². The molecule has 0 radical (unpaired) electrons. The average Bonchev–Trinajstić information content (AvgIpc) is 2.77. The molecule has 0 bridgehead atoms. The van der Waals surface area contributed by atoms with E-state index in [0.717, 1.165) is 17.3 Å². The third-order valence-electron chi connectivity index (χ3n) is 2.37. The number of aromatic nitrogens is 2. The molecule has 1 atom stereocenters. The molecule has 0 saturated heterocycles.